The van der Waals surface area contributed by atoms with E-state index in [2.05, 4.69) is 39.4 Å². The molecule has 0 aliphatic carbocycles. The SMILES string of the molecule is CN(C)c1ccc([C@@H](CNC(=O)c2ccc3c(c2)OCO3)N2CCOCC2)cc1. The van der Waals surface area contributed by atoms with Crippen LogP contribution in [-0.4, -0.2) is 64.5 Å². The number of nitrogens with one attached hydrogen (secondary N) is 1. The topological polar surface area (TPSA) is 63.3 Å². The van der Waals surface area contributed by atoms with E-state index in [4.69, 9.17) is 14.2 Å². The second-order valence-corrected chi connectivity index (χ2v) is 7.43. The highest BCUT2D eigenvalue weighted by atomic mass is 16.7. The molecule has 1 amide bonds. The number of rotatable bonds is 6. The first-order valence-corrected chi connectivity index (χ1v) is 9.89. The van der Waals surface area contributed by atoms with Crippen molar-refractivity contribution in [3.05, 3.63) is 53.6 Å². The number of ether oxygens (including phenoxy) is 3. The number of anilines is 1. The van der Waals surface area contributed by atoms with Gasteiger partial charge in [-0.3, -0.25) is 9.69 Å². The van der Waals surface area contributed by atoms with Crippen molar-refractivity contribution in [2.24, 2.45) is 0 Å². The minimum Gasteiger partial charge on any atom is -0.454 e. The fraction of sp³-hybridized carbons (Fsp3) is 0.409. The van der Waals surface area contributed by atoms with Gasteiger partial charge in [-0.15, -0.1) is 0 Å². The largest absolute Gasteiger partial charge is 0.454 e. The Morgan fingerprint density at radius 2 is 1.79 bits per heavy atom. The molecule has 4 rings (SSSR count). The van der Waals surface area contributed by atoms with E-state index in [-0.39, 0.29) is 18.7 Å². The molecule has 2 heterocycles. The zero-order valence-corrected chi connectivity index (χ0v) is 16.9. The van der Waals surface area contributed by atoms with E-state index in [0.29, 0.717) is 36.8 Å². The second kappa shape index (κ2) is 8.71. The fourth-order valence-corrected chi connectivity index (χ4v) is 3.67. The van der Waals surface area contributed by atoms with E-state index in [0.717, 1.165) is 18.8 Å². The molecule has 0 bridgehead atoms. The molecule has 7 nitrogen and oxygen atoms in total. The molecule has 1 atom stereocenters. The third kappa shape index (κ3) is 4.46. The summed E-state index contributed by atoms with van der Waals surface area (Å²) in [5, 5.41) is 3.10. The van der Waals surface area contributed by atoms with Crippen molar-refractivity contribution in [3.63, 3.8) is 0 Å². The van der Waals surface area contributed by atoms with Crippen LogP contribution in [0.2, 0.25) is 0 Å². The number of amides is 1. The standard InChI is InChI=1S/C22H27N3O4/c1-24(2)18-6-3-16(4-7-18)19(25-9-11-27-12-10-25)14-23-22(26)17-5-8-20-21(13-17)29-15-28-20/h3-8,13,19H,9-12,14-15H2,1-2H3,(H,23,26)/t19-/m1/s1. The van der Waals surface area contributed by atoms with Crippen molar-refractivity contribution in [1.29, 1.82) is 0 Å². The molecule has 0 saturated carbocycles. The molecule has 1 fully saturated rings. The van der Waals surface area contributed by atoms with Gasteiger partial charge >= 0.3 is 0 Å². The highest BCUT2D eigenvalue weighted by molar-refractivity contribution is 5.95. The maximum absolute atomic E-state index is 12.7. The van der Waals surface area contributed by atoms with Gasteiger partial charge in [-0.05, 0) is 35.9 Å². The van der Waals surface area contributed by atoms with Gasteiger partial charge in [0.25, 0.3) is 5.91 Å². The lowest BCUT2D eigenvalue weighted by Gasteiger charge is -2.35. The third-order valence-electron chi connectivity index (χ3n) is 5.37. The van der Waals surface area contributed by atoms with Crippen LogP contribution < -0.4 is 19.7 Å². The van der Waals surface area contributed by atoms with E-state index in [1.807, 2.05) is 14.1 Å². The van der Waals surface area contributed by atoms with E-state index < -0.39 is 0 Å². The number of carbonyl (C=O) groups excluding carboxylic acids is 1. The number of carbonyl (C=O) groups is 1. The summed E-state index contributed by atoms with van der Waals surface area (Å²) in [6.07, 6.45) is 0. The van der Waals surface area contributed by atoms with Gasteiger partial charge in [-0.1, -0.05) is 12.1 Å². The van der Waals surface area contributed by atoms with Crippen LogP contribution in [0.25, 0.3) is 0 Å². The maximum atomic E-state index is 12.7. The van der Waals surface area contributed by atoms with Crippen molar-refractivity contribution in [3.8, 4) is 11.5 Å². The number of fused-ring (bicyclic) bond motifs is 1. The molecule has 1 saturated heterocycles. The molecule has 0 aromatic heterocycles. The first-order valence-electron chi connectivity index (χ1n) is 9.89. The van der Waals surface area contributed by atoms with E-state index >= 15 is 0 Å². The summed E-state index contributed by atoms with van der Waals surface area (Å²) in [4.78, 5) is 17.2. The molecule has 0 spiro atoms. The third-order valence-corrected chi connectivity index (χ3v) is 5.37. The minimum atomic E-state index is -0.119. The lowest BCUT2D eigenvalue weighted by Crippen LogP contribution is -2.43. The van der Waals surface area contributed by atoms with Gasteiger partial charge in [0.2, 0.25) is 6.79 Å². The van der Waals surface area contributed by atoms with Gasteiger partial charge in [-0.2, -0.15) is 0 Å². The average Bonchev–Trinajstić information content (AvgIpc) is 3.23. The second-order valence-electron chi connectivity index (χ2n) is 7.43. The van der Waals surface area contributed by atoms with Crippen molar-refractivity contribution >= 4 is 11.6 Å². The molecule has 29 heavy (non-hydrogen) atoms. The van der Waals surface area contributed by atoms with Crippen LogP contribution in [0.4, 0.5) is 5.69 Å². The van der Waals surface area contributed by atoms with Crippen LogP contribution in [0.3, 0.4) is 0 Å². The number of morpholine rings is 1. The van der Waals surface area contributed by atoms with Crippen molar-refractivity contribution in [2.75, 3.05) is 58.6 Å². The summed E-state index contributed by atoms with van der Waals surface area (Å²) in [6.45, 7) is 3.84. The Morgan fingerprint density at radius 1 is 1.07 bits per heavy atom. The minimum absolute atomic E-state index is 0.0908. The zero-order chi connectivity index (χ0) is 20.2. The molecule has 0 radical (unpaired) electrons. The van der Waals surface area contributed by atoms with Crippen LogP contribution in [0.5, 0.6) is 11.5 Å². The van der Waals surface area contributed by atoms with Crippen molar-refractivity contribution < 1.29 is 19.0 Å². The molecule has 7 heteroatoms. The zero-order valence-electron chi connectivity index (χ0n) is 16.9. The Morgan fingerprint density at radius 3 is 2.52 bits per heavy atom. The predicted octanol–water partition coefficient (Wildman–Crippen LogP) is 2.28. The molecular formula is C22H27N3O4. The van der Waals surface area contributed by atoms with Gasteiger partial charge < -0.3 is 24.4 Å². The lowest BCUT2D eigenvalue weighted by molar-refractivity contribution is 0.0162. The predicted molar refractivity (Wildman–Crippen MR) is 111 cm³/mol. The summed E-state index contributed by atoms with van der Waals surface area (Å²) in [7, 11) is 4.06. The van der Waals surface area contributed by atoms with Gasteiger partial charge in [0.05, 0.1) is 19.3 Å². The number of hydrogen-bond acceptors (Lipinski definition) is 6. The highest BCUT2D eigenvalue weighted by Crippen LogP contribution is 2.32. The van der Waals surface area contributed by atoms with Crippen LogP contribution >= 0.6 is 0 Å². The summed E-state index contributed by atoms with van der Waals surface area (Å²) in [5.41, 5.74) is 2.90. The van der Waals surface area contributed by atoms with E-state index in [1.54, 1.807) is 18.2 Å². The van der Waals surface area contributed by atoms with Gasteiger partial charge in [0, 0.05) is 45.0 Å². The Balaban J connectivity index is 1.48. The first-order chi connectivity index (χ1) is 14.1. The van der Waals surface area contributed by atoms with Crippen LogP contribution in [0.1, 0.15) is 22.0 Å². The fourth-order valence-electron chi connectivity index (χ4n) is 3.67. The normalized spacial score (nSPS) is 17.0. The number of benzene rings is 2. The van der Waals surface area contributed by atoms with Crippen LogP contribution in [0, 0.1) is 0 Å². The quantitative estimate of drug-likeness (QED) is 0.807. The summed E-state index contributed by atoms with van der Waals surface area (Å²) < 4.78 is 16.2. The van der Waals surface area contributed by atoms with Crippen molar-refractivity contribution in [2.45, 2.75) is 6.04 Å². The molecule has 2 aromatic carbocycles. The number of nitrogens with zero attached hydrogens (tertiary/aromatic N) is 2. The van der Waals surface area contributed by atoms with Crippen molar-refractivity contribution in [1.82, 2.24) is 10.2 Å². The maximum Gasteiger partial charge on any atom is 0.251 e. The monoisotopic (exact) mass is 397 g/mol. The number of hydrogen-bond donors (Lipinski definition) is 1. The van der Waals surface area contributed by atoms with Gasteiger partial charge in [-0.25, -0.2) is 0 Å². The van der Waals surface area contributed by atoms with Gasteiger partial charge in [0.15, 0.2) is 11.5 Å². The Bertz CT molecular complexity index is 848. The van der Waals surface area contributed by atoms with Crippen LogP contribution in [0.15, 0.2) is 42.5 Å². The summed E-state index contributed by atoms with van der Waals surface area (Å²) >= 11 is 0. The molecular weight excluding hydrogens is 370 g/mol. The molecule has 1 N–H and O–H groups in total. The molecule has 2 aliphatic rings. The lowest BCUT2D eigenvalue weighted by atomic mass is 10.0. The first kappa shape index (κ1) is 19.5. The highest BCUT2D eigenvalue weighted by Gasteiger charge is 2.24. The summed E-state index contributed by atoms with van der Waals surface area (Å²) in [5.74, 6) is 1.17. The molecule has 2 aliphatic heterocycles. The Labute approximate surface area is 171 Å². The van der Waals surface area contributed by atoms with E-state index in [9.17, 15) is 4.79 Å². The average molecular weight is 397 g/mol. The molecule has 154 valence electrons. The Hall–Kier alpha value is -2.77. The Kier molecular flexibility index (Phi) is 5.87. The smallest absolute Gasteiger partial charge is 0.251 e. The van der Waals surface area contributed by atoms with Gasteiger partial charge in [0.1, 0.15) is 0 Å². The van der Waals surface area contributed by atoms with Crippen LogP contribution in [-0.2, 0) is 4.74 Å². The van der Waals surface area contributed by atoms with E-state index in [1.165, 1.54) is 5.56 Å². The molecule has 0 unspecified atom stereocenters. The molecule has 2 aromatic rings. The summed E-state index contributed by atoms with van der Waals surface area (Å²) in [6, 6.07) is 13.9.